The molecular formula is C16H16N2O. The van der Waals surface area contributed by atoms with Crippen LogP contribution in [0.3, 0.4) is 0 Å². The molecule has 0 saturated carbocycles. The summed E-state index contributed by atoms with van der Waals surface area (Å²) in [6.07, 6.45) is 6.11. The molecule has 0 aromatic heterocycles. The van der Waals surface area contributed by atoms with Crippen LogP contribution in [0.1, 0.15) is 15.9 Å². The van der Waals surface area contributed by atoms with Crippen LogP contribution < -0.4 is 5.32 Å². The third-order valence-electron chi connectivity index (χ3n) is 3.14. The average Bonchev–Trinajstić information content (AvgIpc) is 2.64. The summed E-state index contributed by atoms with van der Waals surface area (Å²) in [5.74, 6) is -0.108. The number of hydrogen-bond acceptors (Lipinski definition) is 2. The van der Waals surface area contributed by atoms with Crippen molar-refractivity contribution in [2.24, 2.45) is 4.99 Å². The Morgan fingerprint density at radius 1 is 1.37 bits per heavy atom. The fourth-order valence-electron chi connectivity index (χ4n) is 2.02. The summed E-state index contributed by atoms with van der Waals surface area (Å²) in [5, 5.41) is 2.61. The first-order valence-corrected chi connectivity index (χ1v) is 6.06. The zero-order valence-corrected chi connectivity index (χ0v) is 10.9. The van der Waals surface area contributed by atoms with Crippen molar-refractivity contribution >= 4 is 17.8 Å². The summed E-state index contributed by atoms with van der Waals surface area (Å²) in [7, 11) is 1.62. The molecule has 19 heavy (non-hydrogen) atoms. The first kappa shape index (κ1) is 13.0. The minimum atomic E-state index is -0.108. The zero-order valence-electron chi connectivity index (χ0n) is 10.9. The van der Waals surface area contributed by atoms with Gasteiger partial charge in [-0.1, -0.05) is 31.4 Å². The van der Waals surface area contributed by atoms with E-state index in [4.69, 9.17) is 0 Å². The lowest BCUT2D eigenvalue weighted by molar-refractivity contribution is 0.0963. The fourth-order valence-corrected chi connectivity index (χ4v) is 2.02. The number of allylic oxidation sites excluding steroid dienone is 4. The first-order valence-electron chi connectivity index (χ1n) is 6.06. The Balaban J connectivity index is 2.47. The summed E-state index contributed by atoms with van der Waals surface area (Å²) in [4.78, 5) is 16.1. The van der Waals surface area contributed by atoms with Crippen LogP contribution in [-0.2, 0) is 6.42 Å². The number of aliphatic imine (C=N–C) groups is 1. The van der Waals surface area contributed by atoms with E-state index in [1.54, 1.807) is 25.4 Å². The third-order valence-corrected chi connectivity index (χ3v) is 3.14. The average molecular weight is 252 g/mol. The summed E-state index contributed by atoms with van der Waals surface area (Å²) in [6.45, 7) is 7.61. The van der Waals surface area contributed by atoms with E-state index in [0.717, 1.165) is 28.8 Å². The molecule has 0 spiro atoms. The van der Waals surface area contributed by atoms with Crippen LogP contribution in [-0.4, -0.2) is 19.2 Å². The molecule has 1 aromatic rings. The van der Waals surface area contributed by atoms with E-state index < -0.39 is 0 Å². The van der Waals surface area contributed by atoms with Gasteiger partial charge in [0.05, 0.1) is 5.69 Å². The Labute approximate surface area is 113 Å². The SMILES string of the molecule is C=CC1=C(C=C)Cc2ccc(C(=O)NC)cc2N=C1. The Kier molecular flexibility index (Phi) is 3.76. The van der Waals surface area contributed by atoms with Gasteiger partial charge in [0, 0.05) is 25.2 Å². The lowest BCUT2D eigenvalue weighted by Crippen LogP contribution is -2.17. The van der Waals surface area contributed by atoms with E-state index in [1.165, 1.54) is 0 Å². The molecule has 1 amide bonds. The first-order chi connectivity index (χ1) is 9.19. The smallest absolute Gasteiger partial charge is 0.251 e. The van der Waals surface area contributed by atoms with Crippen molar-refractivity contribution in [2.75, 3.05) is 7.05 Å². The predicted molar refractivity (Wildman–Crippen MR) is 79.1 cm³/mol. The van der Waals surface area contributed by atoms with E-state index in [2.05, 4.69) is 23.5 Å². The number of rotatable bonds is 3. The molecule has 0 fully saturated rings. The number of benzene rings is 1. The number of nitrogens with zero attached hydrogens (tertiary/aromatic N) is 1. The normalized spacial score (nSPS) is 13.5. The second-order valence-corrected chi connectivity index (χ2v) is 4.25. The lowest BCUT2D eigenvalue weighted by atomic mass is 9.99. The number of nitrogens with one attached hydrogen (secondary N) is 1. The molecule has 1 aliphatic rings. The topological polar surface area (TPSA) is 41.5 Å². The summed E-state index contributed by atoms with van der Waals surface area (Å²) in [5.41, 5.74) is 4.56. The Hall–Kier alpha value is -2.42. The number of fused-ring (bicyclic) bond motifs is 1. The molecule has 1 heterocycles. The van der Waals surface area contributed by atoms with E-state index in [1.807, 2.05) is 18.2 Å². The maximum atomic E-state index is 11.6. The molecule has 0 bridgehead atoms. The molecule has 2 rings (SSSR count). The minimum Gasteiger partial charge on any atom is -0.355 e. The maximum absolute atomic E-state index is 11.6. The van der Waals surface area contributed by atoms with Crippen molar-refractivity contribution in [1.82, 2.24) is 5.32 Å². The molecule has 1 N–H and O–H groups in total. The van der Waals surface area contributed by atoms with Gasteiger partial charge in [-0.05, 0) is 28.8 Å². The van der Waals surface area contributed by atoms with Crippen molar-refractivity contribution in [3.63, 3.8) is 0 Å². The largest absolute Gasteiger partial charge is 0.355 e. The maximum Gasteiger partial charge on any atom is 0.251 e. The molecule has 3 heteroatoms. The van der Waals surface area contributed by atoms with Crippen LogP contribution in [0.4, 0.5) is 5.69 Å². The van der Waals surface area contributed by atoms with E-state index in [0.29, 0.717) is 5.56 Å². The van der Waals surface area contributed by atoms with Crippen LogP contribution in [0.5, 0.6) is 0 Å². The highest BCUT2D eigenvalue weighted by Gasteiger charge is 2.12. The van der Waals surface area contributed by atoms with Gasteiger partial charge in [-0.15, -0.1) is 0 Å². The molecule has 1 aromatic carbocycles. The van der Waals surface area contributed by atoms with Gasteiger partial charge in [0.15, 0.2) is 0 Å². The molecule has 0 aliphatic carbocycles. The van der Waals surface area contributed by atoms with Gasteiger partial charge in [-0.2, -0.15) is 0 Å². The highest BCUT2D eigenvalue weighted by Crippen LogP contribution is 2.28. The Morgan fingerprint density at radius 3 is 2.79 bits per heavy atom. The summed E-state index contributed by atoms with van der Waals surface area (Å²) in [6, 6.07) is 5.55. The standard InChI is InChI=1S/C16H16N2O/c1-4-11-8-13-6-7-14(16(19)17-3)9-15(13)18-10-12(11)5-2/h4-7,9-10H,1-2,8H2,3H3,(H,17,19). The highest BCUT2D eigenvalue weighted by molar-refractivity contribution is 5.96. The molecule has 0 atom stereocenters. The van der Waals surface area contributed by atoms with Gasteiger partial charge in [-0.3, -0.25) is 9.79 Å². The highest BCUT2D eigenvalue weighted by atomic mass is 16.1. The molecular weight excluding hydrogens is 236 g/mol. The van der Waals surface area contributed by atoms with Crippen molar-refractivity contribution in [3.05, 3.63) is 65.8 Å². The Bertz CT molecular complexity index is 609. The molecule has 0 unspecified atom stereocenters. The van der Waals surface area contributed by atoms with Gasteiger partial charge in [0.1, 0.15) is 0 Å². The second-order valence-electron chi connectivity index (χ2n) is 4.25. The van der Waals surface area contributed by atoms with Crippen LogP contribution in [0.15, 0.2) is 59.6 Å². The second kappa shape index (κ2) is 5.48. The molecule has 96 valence electrons. The van der Waals surface area contributed by atoms with Gasteiger partial charge >= 0.3 is 0 Å². The van der Waals surface area contributed by atoms with Crippen molar-refractivity contribution < 1.29 is 4.79 Å². The Morgan fingerprint density at radius 2 is 2.16 bits per heavy atom. The predicted octanol–water partition coefficient (Wildman–Crippen LogP) is 2.97. The van der Waals surface area contributed by atoms with Crippen molar-refractivity contribution in [3.8, 4) is 0 Å². The van der Waals surface area contributed by atoms with Crippen LogP contribution in [0.2, 0.25) is 0 Å². The lowest BCUT2D eigenvalue weighted by Gasteiger charge is -2.07. The minimum absolute atomic E-state index is 0.108. The number of amides is 1. The summed E-state index contributed by atoms with van der Waals surface area (Å²) >= 11 is 0. The van der Waals surface area contributed by atoms with Gasteiger partial charge in [-0.25, -0.2) is 0 Å². The van der Waals surface area contributed by atoms with Crippen LogP contribution in [0, 0.1) is 0 Å². The van der Waals surface area contributed by atoms with E-state index in [9.17, 15) is 4.79 Å². The number of hydrogen-bond donors (Lipinski definition) is 1. The van der Waals surface area contributed by atoms with Gasteiger partial charge in [0.2, 0.25) is 0 Å². The number of carbonyl (C=O) groups is 1. The zero-order chi connectivity index (χ0) is 13.8. The van der Waals surface area contributed by atoms with Gasteiger partial charge in [0.25, 0.3) is 5.91 Å². The molecule has 3 nitrogen and oxygen atoms in total. The molecule has 1 aliphatic heterocycles. The van der Waals surface area contributed by atoms with E-state index in [-0.39, 0.29) is 5.91 Å². The third kappa shape index (κ3) is 2.55. The van der Waals surface area contributed by atoms with Crippen molar-refractivity contribution in [2.45, 2.75) is 6.42 Å². The van der Waals surface area contributed by atoms with Crippen molar-refractivity contribution in [1.29, 1.82) is 0 Å². The molecule has 0 radical (unpaired) electrons. The van der Waals surface area contributed by atoms with Gasteiger partial charge < -0.3 is 5.32 Å². The van der Waals surface area contributed by atoms with E-state index >= 15 is 0 Å². The molecule has 0 saturated heterocycles. The quantitative estimate of drug-likeness (QED) is 0.882. The fraction of sp³-hybridized carbons (Fsp3) is 0.125. The number of carbonyl (C=O) groups excluding carboxylic acids is 1. The summed E-state index contributed by atoms with van der Waals surface area (Å²) < 4.78 is 0. The monoisotopic (exact) mass is 252 g/mol. The van der Waals surface area contributed by atoms with Crippen LogP contribution in [0.25, 0.3) is 0 Å². The van der Waals surface area contributed by atoms with Crippen LogP contribution >= 0.6 is 0 Å².